The minimum atomic E-state index is -3.58. The van der Waals surface area contributed by atoms with Gasteiger partial charge in [0, 0.05) is 19.3 Å². The fourth-order valence-corrected chi connectivity index (χ4v) is 3.20. The van der Waals surface area contributed by atoms with Gasteiger partial charge < -0.3 is 5.73 Å². The summed E-state index contributed by atoms with van der Waals surface area (Å²) in [6, 6.07) is -0.121. The van der Waals surface area contributed by atoms with E-state index in [1.54, 1.807) is 7.05 Å². The Hall–Kier alpha value is -1.08. The Morgan fingerprint density at radius 2 is 2.11 bits per heavy atom. The molecule has 104 valence electrons. The van der Waals surface area contributed by atoms with Crippen molar-refractivity contribution >= 4 is 15.8 Å². The summed E-state index contributed by atoms with van der Waals surface area (Å²) in [5.41, 5.74) is 5.58. The Balaban J connectivity index is 2.79. The Kier molecular flexibility index (Phi) is 4.75. The monoisotopic (exact) mass is 274 g/mol. The molecule has 0 amide bonds. The van der Waals surface area contributed by atoms with Gasteiger partial charge in [-0.1, -0.05) is 20.3 Å². The van der Waals surface area contributed by atoms with E-state index in [9.17, 15) is 8.42 Å². The number of hydrogen-bond acceptors (Lipinski definition) is 4. The Morgan fingerprint density at radius 1 is 1.50 bits per heavy atom. The van der Waals surface area contributed by atoms with Crippen LogP contribution in [0.5, 0.6) is 0 Å². The van der Waals surface area contributed by atoms with Crippen LogP contribution in [0.4, 0.5) is 5.82 Å². The first-order valence-electron chi connectivity index (χ1n) is 6.07. The number of nitrogens with two attached hydrogens (primary N) is 1. The van der Waals surface area contributed by atoms with Crippen LogP contribution >= 0.6 is 0 Å². The van der Waals surface area contributed by atoms with Gasteiger partial charge in [-0.3, -0.25) is 4.68 Å². The quantitative estimate of drug-likeness (QED) is 0.813. The van der Waals surface area contributed by atoms with E-state index in [0.29, 0.717) is 5.92 Å². The normalized spacial score (nSPS) is 15.6. The van der Waals surface area contributed by atoms with Crippen molar-refractivity contribution in [2.24, 2.45) is 13.0 Å². The second kappa shape index (κ2) is 5.71. The van der Waals surface area contributed by atoms with Crippen LogP contribution in [-0.2, 0) is 17.1 Å². The Morgan fingerprint density at radius 3 is 2.56 bits per heavy atom. The van der Waals surface area contributed by atoms with Crippen molar-refractivity contribution in [2.75, 3.05) is 5.73 Å². The number of nitrogens with zero attached hydrogens (tertiary/aromatic N) is 2. The van der Waals surface area contributed by atoms with Gasteiger partial charge >= 0.3 is 0 Å². The molecule has 2 atom stereocenters. The van der Waals surface area contributed by atoms with Crippen molar-refractivity contribution in [3.05, 3.63) is 6.20 Å². The lowest BCUT2D eigenvalue weighted by Gasteiger charge is -2.17. The third-order valence-corrected chi connectivity index (χ3v) is 4.53. The molecule has 0 saturated heterocycles. The van der Waals surface area contributed by atoms with Crippen LogP contribution in [0.15, 0.2) is 11.1 Å². The van der Waals surface area contributed by atoms with Gasteiger partial charge in [0.1, 0.15) is 4.90 Å². The fourth-order valence-electron chi connectivity index (χ4n) is 1.84. The highest BCUT2D eigenvalue weighted by Gasteiger charge is 2.23. The highest BCUT2D eigenvalue weighted by Crippen LogP contribution is 2.17. The van der Waals surface area contributed by atoms with Crippen LogP contribution in [0, 0.1) is 5.92 Å². The average molecular weight is 274 g/mol. The molecular formula is C11H22N4O2S. The summed E-state index contributed by atoms with van der Waals surface area (Å²) in [4.78, 5) is 0.0426. The number of rotatable bonds is 6. The van der Waals surface area contributed by atoms with E-state index in [0.717, 1.165) is 12.8 Å². The first-order chi connectivity index (χ1) is 8.26. The number of aromatic nitrogens is 2. The van der Waals surface area contributed by atoms with Crippen molar-refractivity contribution in [2.45, 2.75) is 44.6 Å². The van der Waals surface area contributed by atoms with E-state index < -0.39 is 10.0 Å². The molecule has 7 heteroatoms. The number of sulfonamides is 1. The van der Waals surface area contributed by atoms with Gasteiger partial charge in [-0.2, -0.15) is 5.10 Å². The summed E-state index contributed by atoms with van der Waals surface area (Å²) in [5.74, 6) is 0.509. The van der Waals surface area contributed by atoms with Crippen LogP contribution in [0.1, 0.15) is 33.6 Å². The predicted octanol–water partition coefficient (Wildman–Crippen LogP) is 1.11. The van der Waals surface area contributed by atoms with E-state index in [1.165, 1.54) is 10.9 Å². The number of nitrogens with one attached hydrogen (secondary N) is 1. The number of nitrogen functional groups attached to an aromatic ring is 1. The molecule has 2 unspecified atom stereocenters. The lowest BCUT2D eigenvalue weighted by atomic mass is 10.0. The maximum absolute atomic E-state index is 12.1. The van der Waals surface area contributed by atoms with Gasteiger partial charge in [-0.25, -0.2) is 13.1 Å². The first-order valence-corrected chi connectivity index (χ1v) is 7.56. The minimum Gasteiger partial charge on any atom is -0.381 e. The summed E-state index contributed by atoms with van der Waals surface area (Å²) in [7, 11) is -1.94. The topological polar surface area (TPSA) is 90.0 Å². The molecule has 0 aliphatic carbocycles. The lowest BCUT2D eigenvalue weighted by molar-refractivity contribution is 0.445. The molecule has 0 aromatic carbocycles. The zero-order valence-corrected chi connectivity index (χ0v) is 12.2. The van der Waals surface area contributed by atoms with Crippen LogP contribution in [0.25, 0.3) is 0 Å². The van der Waals surface area contributed by atoms with Crippen LogP contribution in [-0.4, -0.2) is 24.2 Å². The molecule has 0 saturated carbocycles. The summed E-state index contributed by atoms with van der Waals surface area (Å²) < 4.78 is 28.2. The first kappa shape index (κ1) is 15.0. The zero-order chi connectivity index (χ0) is 13.9. The summed E-state index contributed by atoms with van der Waals surface area (Å²) in [6.45, 7) is 6.05. The van der Waals surface area contributed by atoms with E-state index in [4.69, 9.17) is 5.73 Å². The minimum absolute atomic E-state index is 0.0285. The van der Waals surface area contributed by atoms with Crippen LogP contribution < -0.4 is 10.5 Å². The summed E-state index contributed by atoms with van der Waals surface area (Å²) in [5, 5.41) is 3.84. The molecule has 0 radical (unpaired) electrons. The van der Waals surface area contributed by atoms with E-state index >= 15 is 0 Å². The lowest BCUT2D eigenvalue weighted by Crippen LogP contribution is -2.33. The van der Waals surface area contributed by atoms with Gasteiger partial charge in [-0.05, 0) is 19.3 Å². The molecule has 0 aliphatic rings. The predicted molar refractivity (Wildman–Crippen MR) is 71.5 cm³/mol. The van der Waals surface area contributed by atoms with Crippen molar-refractivity contribution < 1.29 is 8.42 Å². The molecule has 1 aromatic rings. The number of anilines is 1. The maximum Gasteiger partial charge on any atom is 0.246 e. The standard InChI is InChI=1S/C11H22N4O2S/c1-5-8(2)6-9(3)14-18(16,17)10-7-15(4)13-11(10)12/h7-9,14H,5-6H2,1-4H3,(H2,12,13). The smallest absolute Gasteiger partial charge is 0.246 e. The van der Waals surface area contributed by atoms with Gasteiger partial charge in [0.25, 0.3) is 0 Å². The third kappa shape index (κ3) is 3.71. The largest absolute Gasteiger partial charge is 0.381 e. The van der Waals surface area contributed by atoms with Gasteiger partial charge in [0.15, 0.2) is 5.82 Å². The highest BCUT2D eigenvalue weighted by atomic mass is 32.2. The van der Waals surface area contributed by atoms with Crippen molar-refractivity contribution in [1.82, 2.24) is 14.5 Å². The van der Waals surface area contributed by atoms with Crippen LogP contribution in [0.2, 0.25) is 0 Å². The second-order valence-electron chi connectivity index (χ2n) is 4.82. The molecule has 3 N–H and O–H groups in total. The van der Waals surface area contributed by atoms with Crippen LogP contribution in [0.3, 0.4) is 0 Å². The Bertz CT molecular complexity index is 495. The SMILES string of the molecule is CCC(C)CC(C)NS(=O)(=O)c1cn(C)nc1N. The Labute approximate surface area is 109 Å². The molecule has 1 rings (SSSR count). The van der Waals surface area contributed by atoms with E-state index in [2.05, 4.69) is 23.7 Å². The number of hydrogen-bond donors (Lipinski definition) is 2. The van der Waals surface area contributed by atoms with Gasteiger partial charge in [0.05, 0.1) is 0 Å². The summed E-state index contributed by atoms with van der Waals surface area (Å²) >= 11 is 0. The fraction of sp³-hybridized carbons (Fsp3) is 0.727. The maximum atomic E-state index is 12.1. The van der Waals surface area contributed by atoms with E-state index in [-0.39, 0.29) is 16.8 Å². The van der Waals surface area contributed by atoms with Gasteiger partial charge in [-0.15, -0.1) is 0 Å². The van der Waals surface area contributed by atoms with Crippen molar-refractivity contribution in [1.29, 1.82) is 0 Å². The van der Waals surface area contributed by atoms with Crippen molar-refractivity contribution in [3.8, 4) is 0 Å². The molecule has 0 aliphatic heterocycles. The molecular weight excluding hydrogens is 252 g/mol. The van der Waals surface area contributed by atoms with E-state index in [1.807, 2.05) is 6.92 Å². The molecule has 1 aromatic heterocycles. The zero-order valence-electron chi connectivity index (χ0n) is 11.3. The highest BCUT2D eigenvalue weighted by molar-refractivity contribution is 7.89. The molecule has 6 nitrogen and oxygen atoms in total. The molecule has 18 heavy (non-hydrogen) atoms. The molecule has 0 bridgehead atoms. The average Bonchev–Trinajstić information content (AvgIpc) is 2.57. The van der Waals surface area contributed by atoms with Gasteiger partial charge in [0.2, 0.25) is 10.0 Å². The molecule has 1 heterocycles. The second-order valence-corrected chi connectivity index (χ2v) is 6.51. The van der Waals surface area contributed by atoms with Crippen molar-refractivity contribution in [3.63, 3.8) is 0 Å². The molecule has 0 fully saturated rings. The summed E-state index contributed by atoms with van der Waals surface area (Å²) in [6.07, 6.45) is 3.24. The third-order valence-electron chi connectivity index (χ3n) is 2.92. The molecule has 0 spiro atoms. The number of aryl methyl sites for hydroxylation is 1.